The largest absolute Gasteiger partial charge is 0.361 e. The summed E-state index contributed by atoms with van der Waals surface area (Å²) < 4.78 is 4.95. The Morgan fingerprint density at radius 2 is 1.88 bits per heavy atom. The Kier molecular flexibility index (Phi) is 5.11. The maximum Gasteiger partial charge on any atom is 0.276 e. The zero-order chi connectivity index (χ0) is 17.8. The second kappa shape index (κ2) is 7.45. The maximum absolute atomic E-state index is 12.4. The third kappa shape index (κ3) is 3.70. The van der Waals surface area contributed by atoms with Gasteiger partial charge in [0.15, 0.2) is 5.69 Å². The molecule has 0 spiro atoms. The van der Waals surface area contributed by atoms with Gasteiger partial charge < -0.3 is 9.42 Å². The van der Waals surface area contributed by atoms with Crippen LogP contribution in [0.2, 0.25) is 0 Å². The van der Waals surface area contributed by atoms with Crippen LogP contribution in [0.1, 0.15) is 27.9 Å². The van der Waals surface area contributed by atoms with Crippen molar-refractivity contribution in [3.05, 3.63) is 53.4 Å². The third-order valence-electron chi connectivity index (χ3n) is 4.29. The highest BCUT2D eigenvalue weighted by Crippen LogP contribution is 2.23. The lowest BCUT2D eigenvalue weighted by Crippen LogP contribution is -2.52. The van der Waals surface area contributed by atoms with Crippen LogP contribution in [-0.4, -0.2) is 58.2 Å². The molecule has 1 aromatic heterocycles. The monoisotopic (exact) mass is 344 g/mol. The van der Waals surface area contributed by atoms with Crippen LogP contribution in [0.4, 0.5) is 0 Å². The molecule has 0 radical (unpaired) electrons. The van der Waals surface area contributed by atoms with E-state index in [-0.39, 0.29) is 5.91 Å². The SMILES string of the molecule is Cc1cc(C(=O)N2CCN(C(C(=O)NO)c3ccccc3)CC2)no1. The van der Waals surface area contributed by atoms with E-state index in [2.05, 4.69) is 5.16 Å². The number of carbonyl (C=O) groups is 2. The number of nitrogens with zero attached hydrogens (tertiary/aromatic N) is 3. The highest BCUT2D eigenvalue weighted by Gasteiger charge is 2.32. The number of hydrogen-bond acceptors (Lipinski definition) is 6. The second-order valence-electron chi connectivity index (χ2n) is 5.94. The molecule has 8 nitrogen and oxygen atoms in total. The molecule has 0 bridgehead atoms. The minimum Gasteiger partial charge on any atom is -0.361 e. The highest BCUT2D eigenvalue weighted by molar-refractivity contribution is 5.92. The number of rotatable bonds is 4. The van der Waals surface area contributed by atoms with E-state index in [0.717, 1.165) is 5.56 Å². The van der Waals surface area contributed by atoms with Crippen LogP contribution >= 0.6 is 0 Å². The highest BCUT2D eigenvalue weighted by atomic mass is 16.5. The van der Waals surface area contributed by atoms with Crippen molar-refractivity contribution in [2.45, 2.75) is 13.0 Å². The number of piperazine rings is 1. The van der Waals surface area contributed by atoms with Crippen LogP contribution in [0.5, 0.6) is 0 Å². The van der Waals surface area contributed by atoms with Crippen LogP contribution in [0.3, 0.4) is 0 Å². The summed E-state index contributed by atoms with van der Waals surface area (Å²) in [6.45, 7) is 3.68. The van der Waals surface area contributed by atoms with Gasteiger partial charge >= 0.3 is 0 Å². The number of benzene rings is 1. The normalized spacial score (nSPS) is 16.5. The topological polar surface area (TPSA) is 98.9 Å². The number of aryl methyl sites for hydroxylation is 1. The first kappa shape index (κ1) is 17.1. The van der Waals surface area contributed by atoms with Gasteiger partial charge in [0.05, 0.1) is 0 Å². The van der Waals surface area contributed by atoms with Gasteiger partial charge in [-0.3, -0.25) is 19.7 Å². The molecular formula is C17H20N4O4. The first-order chi connectivity index (χ1) is 12.1. The Balaban J connectivity index is 1.69. The lowest BCUT2D eigenvalue weighted by molar-refractivity contribution is -0.135. The number of hydrogen-bond donors (Lipinski definition) is 2. The third-order valence-corrected chi connectivity index (χ3v) is 4.29. The van der Waals surface area contributed by atoms with Gasteiger partial charge in [-0.05, 0) is 12.5 Å². The summed E-state index contributed by atoms with van der Waals surface area (Å²) in [5.74, 6) is -0.0804. The predicted octanol–water partition coefficient (Wildman–Crippen LogP) is 0.988. The van der Waals surface area contributed by atoms with E-state index in [4.69, 9.17) is 9.73 Å². The molecule has 0 saturated carbocycles. The van der Waals surface area contributed by atoms with Gasteiger partial charge in [-0.2, -0.15) is 0 Å². The van der Waals surface area contributed by atoms with Crippen molar-refractivity contribution in [1.29, 1.82) is 0 Å². The van der Waals surface area contributed by atoms with Crippen molar-refractivity contribution in [3.8, 4) is 0 Å². The fraction of sp³-hybridized carbons (Fsp3) is 0.353. The Hall–Kier alpha value is -2.71. The van der Waals surface area contributed by atoms with Gasteiger partial charge in [0.2, 0.25) is 0 Å². The summed E-state index contributed by atoms with van der Waals surface area (Å²) >= 11 is 0. The molecule has 132 valence electrons. The standard InChI is InChI=1S/C17H20N4O4/c1-12-11-14(19-25-12)17(23)21-9-7-20(8-10-21)15(16(22)18-24)13-5-3-2-4-6-13/h2-6,11,15,24H,7-10H2,1H3,(H,18,22). The average molecular weight is 344 g/mol. The Bertz CT molecular complexity index is 738. The van der Waals surface area contributed by atoms with E-state index >= 15 is 0 Å². The molecule has 1 aliphatic heterocycles. The van der Waals surface area contributed by atoms with Crippen molar-refractivity contribution in [2.75, 3.05) is 26.2 Å². The van der Waals surface area contributed by atoms with Crippen molar-refractivity contribution in [3.63, 3.8) is 0 Å². The van der Waals surface area contributed by atoms with E-state index in [1.165, 1.54) is 0 Å². The number of nitrogens with one attached hydrogen (secondary N) is 1. The summed E-state index contributed by atoms with van der Waals surface area (Å²) in [4.78, 5) is 28.2. The first-order valence-corrected chi connectivity index (χ1v) is 8.05. The number of carbonyl (C=O) groups excluding carboxylic acids is 2. The summed E-state index contributed by atoms with van der Waals surface area (Å²) in [5.41, 5.74) is 2.82. The minimum absolute atomic E-state index is 0.181. The predicted molar refractivity (Wildman–Crippen MR) is 87.8 cm³/mol. The molecule has 25 heavy (non-hydrogen) atoms. The van der Waals surface area contributed by atoms with Gasteiger partial charge in [-0.1, -0.05) is 35.5 Å². The summed E-state index contributed by atoms with van der Waals surface area (Å²) in [6.07, 6.45) is 0. The maximum atomic E-state index is 12.4. The molecule has 8 heteroatoms. The first-order valence-electron chi connectivity index (χ1n) is 8.05. The van der Waals surface area contributed by atoms with E-state index in [1.54, 1.807) is 23.4 Å². The van der Waals surface area contributed by atoms with E-state index < -0.39 is 11.9 Å². The Morgan fingerprint density at radius 1 is 1.20 bits per heavy atom. The van der Waals surface area contributed by atoms with Gasteiger partial charge in [0.25, 0.3) is 11.8 Å². The average Bonchev–Trinajstić information content (AvgIpc) is 3.09. The van der Waals surface area contributed by atoms with Crippen molar-refractivity contribution < 1.29 is 19.3 Å². The lowest BCUT2D eigenvalue weighted by Gasteiger charge is -2.38. The smallest absolute Gasteiger partial charge is 0.276 e. The van der Waals surface area contributed by atoms with Gasteiger partial charge in [-0.15, -0.1) is 0 Å². The molecule has 1 aliphatic rings. The Labute approximate surface area is 145 Å². The molecule has 1 unspecified atom stereocenters. The fourth-order valence-electron chi connectivity index (χ4n) is 3.04. The van der Waals surface area contributed by atoms with Crippen molar-refractivity contribution >= 4 is 11.8 Å². The van der Waals surface area contributed by atoms with Crippen molar-refractivity contribution in [2.24, 2.45) is 0 Å². The zero-order valence-corrected chi connectivity index (χ0v) is 13.9. The molecule has 1 aromatic carbocycles. The molecule has 1 fully saturated rings. The molecule has 3 rings (SSSR count). The molecular weight excluding hydrogens is 324 g/mol. The molecule has 2 aromatic rings. The number of amides is 2. The molecule has 1 atom stereocenters. The van der Waals surface area contributed by atoms with Crippen LogP contribution in [-0.2, 0) is 4.79 Å². The summed E-state index contributed by atoms with van der Waals surface area (Å²) in [5, 5.41) is 12.8. The van der Waals surface area contributed by atoms with E-state index in [0.29, 0.717) is 37.6 Å². The summed E-state index contributed by atoms with van der Waals surface area (Å²) in [6, 6.07) is 10.3. The van der Waals surface area contributed by atoms with Crippen LogP contribution in [0, 0.1) is 6.92 Å². The van der Waals surface area contributed by atoms with Crippen LogP contribution < -0.4 is 5.48 Å². The Morgan fingerprint density at radius 3 is 2.44 bits per heavy atom. The second-order valence-corrected chi connectivity index (χ2v) is 5.94. The number of aromatic nitrogens is 1. The zero-order valence-electron chi connectivity index (χ0n) is 13.9. The van der Waals surface area contributed by atoms with Gasteiger partial charge in [-0.25, -0.2) is 5.48 Å². The van der Waals surface area contributed by atoms with Crippen LogP contribution in [0.25, 0.3) is 0 Å². The van der Waals surface area contributed by atoms with E-state index in [9.17, 15) is 9.59 Å². The van der Waals surface area contributed by atoms with E-state index in [1.807, 2.05) is 35.2 Å². The fourth-order valence-corrected chi connectivity index (χ4v) is 3.04. The number of hydroxylamine groups is 1. The molecule has 2 amide bonds. The van der Waals surface area contributed by atoms with Gasteiger partial charge in [0, 0.05) is 32.2 Å². The molecule has 1 saturated heterocycles. The van der Waals surface area contributed by atoms with Crippen LogP contribution in [0.15, 0.2) is 40.9 Å². The quantitative estimate of drug-likeness (QED) is 0.634. The molecule has 2 N–H and O–H groups in total. The molecule has 0 aliphatic carbocycles. The minimum atomic E-state index is -0.599. The molecule has 2 heterocycles. The lowest BCUT2D eigenvalue weighted by atomic mass is 10.0. The summed E-state index contributed by atoms with van der Waals surface area (Å²) in [7, 11) is 0. The van der Waals surface area contributed by atoms with Crippen molar-refractivity contribution in [1.82, 2.24) is 20.4 Å². The van der Waals surface area contributed by atoms with Gasteiger partial charge in [0.1, 0.15) is 11.8 Å².